The average molecular weight is 1120 g/mol. The highest BCUT2D eigenvalue weighted by Gasteiger charge is 2.53. The molecule has 6 aliphatic rings. The van der Waals surface area contributed by atoms with Gasteiger partial charge in [0.1, 0.15) is 0 Å². The lowest BCUT2D eigenvalue weighted by molar-refractivity contribution is -0.0454. The summed E-state index contributed by atoms with van der Waals surface area (Å²) in [6.07, 6.45) is 28.6. The van der Waals surface area contributed by atoms with E-state index in [9.17, 15) is 20.4 Å². The molecule has 0 amide bonds. The molecule has 448 valence electrons. The van der Waals surface area contributed by atoms with E-state index in [1.165, 1.54) is 75.0 Å². The second-order valence-corrected chi connectivity index (χ2v) is 40.2. The fourth-order valence-corrected chi connectivity index (χ4v) is 16.7. The molecule has 9 nitrogen and oxygen atoms in total. The Kier molecular flexibility index (Phi) is 23.3. The minimum atomic E-state index is -2.06. The van der Waals surface area contributed by atoms with Crippen molar-refractivity contribution in [2.75, 3.05) is 26.4 Å². The van der Waals surface area contributed by atoms with E-state index in [-0.39, 0.29) is 47.0 Å². The summed E-state index contributed by atoms with van der Waals surface area (Å²) in [7, 11) is -4.12. The molecule has 6 unspecified atom stereocenters. The van der Waals surface area contributed by atoms with Gasteiger partial charge in [-0.25, -0.2) is 0 Å². The van der Waals surface area contributed by atoms with Gasteiger partial charge in [0.15, 0.2) is 16.6 Å². The van der Waals surface area contributed by atoms with E-state index in [0.717, 1.165) is 43.4 Å². The Balaban J connectivity index is 0.000000306. The number of aliphatic hydroxyl groups is 5. The van der Waals surface area contributed by atoms with Crippen molar-refractivity contribution >= 4 is 16.6 Å². The summed E-state index contributed by atoms with van der Waals surface area (Å²) in [5.41, 5.74) is 7.51. The van der Waals surface area contributed by atoms with Crippen molar-refractivity contribution in [3.63, 3.8) is 0 Å². The van der Waals surface area contributed by atoms with Crippen molar-refractivity contribution in [2.24, 2.45) is 39.9 Å². The van der Waals surface area contributed by atoms with Crippen molar-refractivity contribution < 1.29 is 43.9 Å². The van der Waals surface area contributed by atoms with Gasteiger partial charge in [-0.15, -0.1) is 0 Å². The van der Waals surface area contributed by atoms with Crippen LogP contribution in [-0.4, -0.2) is 111 Å². The summed E-state index contributed by atoms with van der Waals surface area (Å²) in [6.45, 7) is 44.7. The third-order valence-electron chi connectivity index (χ3n) is 21.1. The van der Waals surface area contributed by atoms with Crippen molar-refractivity contribution in [2.45, 2.75) is 285 Å². The Morgan fingerprint density at radius 1 is 0.564 bits per heavy atom. The first kappa shape index (κ1) is 67.3. The van der Waals surface area contributed by atoms with Gasteiger partial charge in [0, 0.05) is 13.2 Å². The van der Waals surface area contributed by atoms with Crippen LogP contribution in [0.25, 0.3) is 0 Å². The van der Waals surface area contributed by atoms with E-state index in [1.807, 2.05) is 19.9 Å². The molecule has 6 aliphatic carbocycles. The number of fused-ring (bicyclic) bond motifs is 2. The molecule has 6 rings (SSSR count). The molecule has 0 spiro atoms. The van der Waals surface area contributed by atoms with E-state index in [4.69, 9.17) is 23.4 Å². The zero-order valence-corrected chi connectivity index (χ0v) is 55.2. The number of hydrogen-bond donors (Lipinski definition) is 5. The highest BCUT2D eigenvalue weighted by molar-refractivity contribution is 6.74. The molecule has 0 aromatic heterocycles. The minimum Gasteiger partial charge on any atom is -0.410 e. The highest BCUT2D eigenvalue weighted by Crippen LogP contribution is 2.60. The summed E-state index contributed by atoms with van der Waals surface area (Å²) in [5.74, 6) is 2.35. The van der Waals surface area contributed by atoms with Crippen LogP contribution < -0.4 is 0 Å². The Labute approximate surface area is 479 Å². The first-order chi connectivity index (χ1) is 36.0. The molecular formula is C67H118O9Si2. The van der Waals surface area contributed by atoms with Gasteiger partial charge in [-0.2, -0.15) is 0 Å². The molecule has 6 saturated carbocycles. The number of allylic oxidation sites excluding steroid dienone is 6. The monoisotopic (exact) mass is 1120 g/mol. The normalized spacial score (nSPS) is 32.4. The summed E-state index contributed by atoms with van der Waals surface area (Å²) in [5, 5.41) is 50.2. The zero-order chi connectivity index (χ0) is 58.5. The predicted molar refractivity (Wildman–Crippen MR) is 329 cm³/mol. The van der Waals surface area contributed by atoms with Crippen molar-refractivity contribution in [1.29, 1.82) is 0 Å². The lowest BCUT2D eigenvalue weighted by Gasteiger charge is -2.46. The predicted octanol–water partition coefficient (Wildman–Crippen LogP) is 15.4. The molecule has 6 fully saturated rings. The van der Waals surface area contributed by atoms with Crippen molar-refractivity contribution in [1.82, 2.24) is 0 Å². The maximum atomic E-state index is 10.4. The number of hydrogen-bond acceptors (Lipinski definition) is 9. The minimum absolute atomic E-state index is 0.0208. The van der Waals surface area contributed by atoms with Crippen LogP contribution in [0, 0.1) is 39.9 Å². The van der Waals surface area contributed by atoms with Gasteiger partial charge in [-0.1, -0.05) is 135 Å². The molecule has 0 aromatic rings. The van der Waals surface area contributed by atoms with Gasteiger partial charge >= 0.3 is 0 Å². The summed E-state index contributed by atoms with van der Waals surface area (Å²) in [6, 6.07) is 0. The smallest absolute Gasteiger partial charge is 0.192 e. The first-order valence-electron chi connectivity index (χ1n) is 31.0. The van der Waals surface area contributed by atoms with Crippen molar-refractivity contribution in [3.05, 3.63) is 69.9 Å². The van der Waals surface area contributed by atoms with Crippen LogP contribution in [0.2, 0.25) is 36.3 Å². The van der Waals surface area contributed by atoms with E-state index in [0.29, 0.717) is 72.0 Å². The van der Waals surface area contributed by atoms with Crippen LogP contribution in [0.15, 0.2) is 69.9 Å². The Bertz CT molecular complexity index is 2080. The third kappa shape index (κ3) is 17.3. The molecule has 0 heterocycles. The van der Waals surface area contributed by atoms with Crippen LogP contribution in [0.1, 0.15) is 207 Å². The maximum absolute atomic E-state index is 10.4. The molecule has 0 radical (unpaired) electrons. The first-order valence-corrected chi connectivity index (χ1v) is 36.8. The van der Waals surface area contributed by atoms with Crippen LogP contribution in [0.3, 0.4) is 0 Å². The lowest BCUT2D eigenvalue weighted by atomic mass is 9.62. The highest BCUT2D eigenvalue weighted by atomic mass is 28.4. The average Bonchev–Trinajstić information content (AvgIpc) is 3.85. The molecule has 12 atom stereocenters. The topological polar surface area (TPSA) is 138 Å². The Hall–Kier alpha value is -1.49. The third-order valence-corrected chi connectivity index (χ3v) is 30.0. The van der Waals surface area contributed by atoms with Gasteiger partial charge in [-0.3, -0.25) is 0 Å². The van der Waals surface area contributed by atoms with Gasteiger partial charge in [0.05, 0.1) is 55.4 Å². The summed E-state index contributed by atoms with van der Waals surface area (Å²) >= 11 is 0. The van der Waals surface area contributed by atoms with Crippen molar-refractivity contribution in [3.8, 4) is 0 Å². The quantitative estimate of drug-likeness (QED) is 0.0712. The fourth-order valence-electron chi connectivity index (χ4n) is 14.2. The van der Waals surface area contributed by atoms with E-state index in [1.54, 1.807) is 5.57 Å². The van der Waals surface area contributed by atoms with E-state index >= 15 is 0 Å². The van der Waals surface area contributed by atoms with E-state index < -0.39 is 34.4 Å². The van der Waals surface area contributed by atoms with Crippen LogP contribution >= 0.6 is 0 Å². The van der Waals surface area contributed by atoms with Gasteiger partial charge in [-0.05, 0) is 218 Å². The second-order valence-electron chi connectivity index (χ2n) is 30.7. The summed E-state index contributed by atoms with van der Waals surface area (Å²) < 4.78 is 27.0. The van der Waals surface area contributed by atoms with E-state index in [2.05, 4.69) is 141 Å². The van der Waals surface area contributed by atoms with Gasteiger partial charge in [0.2, 0.25) is 0 Å². The molecular weight excluding hydrogens is 1000 g/mol. The fraction of sp³-hybridized carbons (Fsp3) is 0.821. The van der Waals surface area contributed by atoms with Gasteiger partial charge < -0.3 is 43.9 Å². The van der Waals surface area contributed by atoms with Crippen LogP contribution in [0.4, 0.5) is 0 Å². The Morgan fingerprint density at radius 3 is 1.32 bits per heavy atom. The summed E-state index contributed by atoms with van der Waals surface area (Å²) in [4.78, 5) is 0. The largest absolute Gasteiger partial charge is 0.410 e. The van der Waals surface area contributed by atoms with Crippen LogP contribution in [0.5, 0.6) is 0 Å². The molecule has 0 saturated heterocycles. The maximum Gasteiger partial charge on any atom is 0.192 e. The number of rotatable bonds is 17. The zero-order valence-electron chi connectivity index (χ0n) is 53.2. The number of aliphatic hydroxyl groups excluding tert-OH is 4. The molecule has 0 aromatic carbocycles. The molecule has 11 heteroatoms. The second kappa shape index (κ2) is 27.0. The molecule has 5 N–H and O–H groups in total. The molecule has 0 aliphatic heterocycles. The van der Waals surface area contributed by atoms with Crippen LogP contribution in [-0.2, 0) is 18.3 Å². The number of ether oxygens (including phenoxy) is 2. The SMILES string of the molecule is C[C@@H](OCCC(C)(C)C)C1CCC2/C(=C/C=C3C[C@@H](O[Si](C)(C)C(C)(C)C)C(=CCO)[C@H](O[Si](C)(C)C(C)(C)C)C3)CCCC21C.C[C@@H](OCCC(C)(C)O)C1CCC2/C(=C/C=C3C[C@@H](O)C(=CCO)[C@H](O)C3)CCCC21C. The molecule has 78 heavy (non-hydrogen) atoms. The van der Waals surface area contributed by atoms with Gasteiger partial charge in [0.25, 0.3) is 0 Å². The molecule has 0 bridgehead atoms. The Morgan fingerprint density at radius 2 is 0.949 bits per heavy atom. The lowest BCUT2D eigenvalue weighted by Crippen LogP contribution is -2.50. The standard InChI is InChI=1S/C40H74O4Si2.C27H44O5/c1-29(42-26-24-37(2,3)4)33-20-21-34-31(17-16-23-40(33,34)11)19-18-30-27-35(43-45(12,13)38(5,6)7)32(22-25-41)36(28-30)44-46(14,15)39(8,9)10;1-18(32-15-13-26(2,3)31)22-9-10-23-20(6-5-12-27(22,23)4)8-7-19-16-24(29)21(11-14-28)25(30)17-19/h18-19,22,29,33-36,41H,16-17,20-21,23-28H2,1-15H3;7-8,11,18,22-25,28-31H,5-6,9-10,12-17H2,1-4H3/b30-18?,31-19+,32-22?;19-7?,20-8+,21-11?/t29-,33?,34?,35-,36-,40?;18-,22?,23?,24-,25-,27?/m11/s1.